The summed E-state index contributed by atoms with van der Waals surface area (Å²) in [5, 5.41) is 3.40. The lowest BCUT2D eigenvalue weighted by Crippen LogP contribution is -2.32. The molecule has 1 amide bonds. The number of benzene rings is 2. The number of hydrogen-bond acceptors (Lipinski definition) is 3. The second kappa shape index (κ2) is 8.44. The highest BCUT2D eigenvalue weighted by atomic mass is 35.5. The van der Waals surface area contributed by atoms with Gasteiger partial charge in [0.2, 0.25) is 0 Å². The molecule has 0 heterocycles. The van der Waals surface area contributed by atoms with Gasteiger partial charge in [0.1, 0.15) is 18.1 Å². The highest BCUT2D eigenvalue weighted by Gasteiger charge is 2.03. The van der Waals surface area contributed by atoms with Crippen LogP contribution in [0, 0.1) is 13.8 Å². The fraction of sp³-hybridized carbons (Fsp3) is 0.278. The molecular formula is C18H20ClNO3. The summed E-state index contributed by atoms with van der Waals surface area (Å²) in [6, 6.07) is 13.1. The van der Waals surface area contributed by atoms with Gasteiger partial charge < -0.3 is 14.8 Å². The van der Waals surface area contributed by atoms with Gasteiger partial charge in [-0.05, 0) is 43.7 Å². The van der Waals surface area contributed by atoms with E-state index in [2.05, 4.69) is 5.32 Å². The molecule has 0 fully saturated rings. The molecule has 0 saturated heterocycles. The van der Waals surface area contributed by atoms with Gasteiger partial charge in [-0.15, -0.1) is 0 Å². The van der Waals surface area contributed by atoms with Crippen LogP contribution in [0.1, 0.15) is 11.1 Å². The Morgan fingerprint density at radius 3 is 2.43 bits per heavy atom. The van der Waals surface area contributed by atoms with Crippen LogP contribution in [0.15, 0.2) is 42.5 Å². The topological polar surface area (TPSA) is 47.6 Å². The van der Waals surface area contributed by atoms with E-state index in [0.717, 1.165) is 11.1 Å². The average molecular weight is 334 g/mol. The maximum Gasteiger partial charge on any atom is 0.258 e. The normalized spacial score (nSPS) is 10.2. The molecule has 0 aliphatic heterocycles. The molecule has 122 valence electrons. The molecule has 1 N–H and O–H groups in total. The zero-order valence-corrected chi connectivity index (χ0v) is 14.0. The van der Waals surface area contributed by atoms with E-state index < -0.39 is 0 Å². The Morgan fingerprint density at radius 1 is 1.04 bits per heavy atom. The maximum atomic E-state index is 11.7. The number of nitrogens with one attached hydrogen (secondary N) is 1. The Morgan fingerprint density at radius 2 is 1.74 bits per heavy atom. The van der Waals surface area contributed by atoms with Crippen LogP contribution in [-0.4, -0.2) is 25.7 Å². The summed E-state index contributed by atoms with van der Waals surface area (Å²) in [5.41, 5.74) is 2.15. The first-order chi connectivity index (χ1) is 11.0. The van der Waals surface area contributed by atoms with Gasteiger partial charge in [-0.1, -0.05) is 35.4 Å². The van der Waals surface area contributed by atoms with Crippen LogP contribution in [0.3, 0.4) is 0 Å². The first-order valence-electron chi connectivity index (χ1n) is 7.40. The molecule has 0 radical (unpaired) electrons. The molecule has 0 spiro atoms. The molecule has 0 aliphatic carbocycles. The Hall–Kier alpha value is -2.20. The minimum absolute atomic E-state index is 0.0145. The molecule has 0 aliphatic rings. The minimum Gasteiger partial charge on any atom is -0.492 e. The monoisotopic (exact) mass is 333 g/mol. The van der Waals surface area contributed by atoms with Crippen molar-refractivity contribution in [3.63, 3.8) is 0 Å². The van der Waals surface area contributed by atoms with Crippen molar-refractivity contribution in [3.05, 3.63) is 58.6 Å². The van der Waals surface area contributed by atoms with E-state index >= 15 is 0 Å². The first-order valence-corrected chi connectivity index (χ1v) is 7.77. The van der Waals surface area contributed by atoms with E-state index in [1.807, 2.05) is 50.2 Å². The fourth-order valence-corrected chi connectivity index (χ4v) is 2.03. The van der Waals surface area contributed by atoms with Crippen molar-refractivity contribution < 1.29 is 14.3 Å². The van der Waals surface area contributed by atoms with Crippen molar-refractivity contribution in [1.82, 2.24) is 5.32 Å². The van der Waals surface area contributed by atoms with Crippen LogP contribution in [0.2, 0.25) is 5.02 Å². The molecule has 5 heteroatoms. The van der Waals surface area contributed by atoms with Crippen molar-refractivity contribution in [2.45, 2.75) is 13.8 Å². The molecule has 2 rings (SSSR count). The molecular weight excluding hydrogens is 314 g/mol. The zero-order valence-electron chi connectivity index (χ0n) is 13.3. The van der Waals surface area contributed by atoms with Crippen LogP contribution in [-0.2, 0) is 4.79 Å². The summed E-state index contributed by atoms with van der Waals surface area (Å²) in [5.74, 6) is 1.18. The maximum absolute atomic E-state index is 11.7. The SMILES string of the molecule is Cc1ccc(OCC(=O)NCCOc2ccc(C)c(Cl)c2)cc1. The molecule has 0 aromatic heterocycles. The Balaban J connectivity index is 1.64. The van der Waals surface area contributed by atoms with Crippen LogP contribution >= 0.6 is 11.6 Å². The number of halogens is 1. The van der Waals surface area contributed by atoms with Crippen LogP contribution in [0.4, 0.5) is 0 Å². The number of ether oxygens (including phenoxy) is 2. The number of rotatable bonds is 7. The number of amides is 1. The van der Waals surface area contributed by atoms with Gasteiger partial charge in [0.05, 0.1) is 6.54 Å². The van der Waals surface area contributed by atoms with E-state index in [9.17, 15) is 4.79 Å². The predicted octanol–water partition coefficient (Wildman–Crippen LogP) is 3.53. The molecule has 2 aromatic rings. The van der Waals surface area contributed by atoms with E-state index in [4.69, 9.17) is 21.1 Å². The van der Waals surface area contributed by atoms with Gasteiger partial charge in [-0.2, -0.15) is 0 Å². The third-order valence-corrected chi connectivity index (χ3v) is 3.63. The van der Waals surface area contributed by atoms with Crippen LogP contribution < -0.4 is 14.8 Å². The number of carbonyl (C=O) groups is 1. The van der Waals surface area contributed by atoms with Gasteiger partial charge in [-0.3, -0.25) is 4.79 Å². The van der Waals surface area contributed by atoms with E-state index in [0.29, 0.717) is 29.7 Å². The molecule has 23 heavy (non-hydrogen) atoms. The summed E-state index contributed by atoms with van der Waals surface area (Å²) in [4.78, 5) is 11.7. The number of aryl methyl sites for hydroxylation is 2. The van der Waals surface area contributed by atoms with E-state index in [1.54, 1.807) is 6.07 Å². The van der Waals surface area contributed by atoms with Crippen molar-refractivity contribution >= 4 is 17.5 Å². The summed E-state index contributed by atoms with van der Waals surface area (Å²) in [6.45, 7) is 4.69. The molecule has 2 aromatic carbocycles. The Labute approximate surface area is 141 Å². The van der Waals surface area contributed by atoms with Crippen molar-refractivity contribution in [3.8, 4) is 11.5 Å². The van der Waals surface area contributed by atoms with Crippen molar-refractivity contribution in [2.75, 3.05) is 19.8 Å². The summed E-state index contributed by atoms with van der Waals surface area (Å²) in [7, 11) is 0. The summed E-state index contributed by atoms with van der Waals surface area (Å²) < 4.78 is 10.9. The highest BCUT2D eigenvalue weighted by Crippen LogP contribution is 2.21. The summed E-state index contributed by atoms with van der Waals surface area (Å²) in [6.07, 6.45) is 0. The molecule has 4 nitrogen and oxygen atoms in total. The third-order valence-electron chi connectivity index (χ3n) is 3.23. The second-order valence-electron chi connectivity index (χ2n) is 5.21. The lowest BCUT2D eigenvalue weighted by Gasteiger charge is -2.09. The molecule has 0 atom stereocenters. The van der Waals surface area contributed by atoms with Crippen LogP contribution in [0.5, 0.6) is 11.5 Å². The van der Waals surface area contributed by atoms with Gasteiger partial charge in [0.25, 0.3) is 5.91 Å². The second-order valence-corrected chi connectivity index (χ2v) is 5.62. The third kappa shape index (κ3) is 5.83. The number of hydrogen-bond donors (Lipinski definition) is 1. The lowest BCUT2D eigenvalue weighted by atomic mass is 10.2. The largest absolute Gasteiger partial charge is 0.492 e. The van der Waals surface area contributed by atoms with E-state index in [1.165, 1.54) is 0 Å². The van der Waals surface area contributed by atoms with Crippen LogP contribution in [0.25, 0.3) is 0 Å². The van der Waals surface area contributed by atoms with Gasteiger partial charge in [-0.25, -0.2) is 0 Å². The smallest absolute Gasteiger partial charge is 0.258 e. The van der Waals surface area contributed by atoms with E-state index in [-0.39, 0.29) is 12.5 Å². The molecule has 0 unspecified atom stereocenters. The lowest BCUT2D eigenvalue weighted by molar-refractivity contribution is -0.123. The highest BCUT2D eigenvalue weighted by molar-refractivity contribution is 6.31. The standard InChI is InChI=1S/C18H20ClNO3/c1-13-3-6-15(7-4-13)23-12-18(21)20-9-10-22-16-8-5-14(2)17(19)11-16/h3-8,11H,9-10,12H2,1-2H3,(H,20,21). The first kappa shape index (κ1) is 17.2. The predicted molar refractivity (Wildman–Crippen MR) is 91.4 cm³/mol. The Kier molecular flexibility index (Phi) is 6.29. The minimum atomic E-state index is -0.184. The average Bonchev–Trinajstić information content (AvgIpc) is 2.54. The number of carbonyl (C=O) groups excluding carboxylic acids is 1. The summed E-state index contributed by atoms with van der Waals surface area (Å²) >= 11 is 6.02. The quantitative estimate of drug-likeness (QED) is 0.788. The van der Waals surface area contributed by atoms with Gasteiger partial charge >= 0.3 is 0 Å². The zero-order chi connectivity index (χ0) is 16.7. The van der Waals surface area contributed by atoms with Crippen molar-refractivity contribution in [1.29, 1.82) is 0 Å². The molecule has 0 saturated carbocycles. The van der Waals surface area contributed by atoms with Gasteiger partial charge in [0.15, 0.2) is 6.61 Å². The fourth-order valence-electron chi connectivity index (χ4n) is 1.86. The molecule has 0 bridgehead atoms. The van der Waals surface area contributed by atoms with Gasteiger partial charge in [0, 0.05) is 5.02 Å². The Bertz CT molecular complexity index is 656. The van der Waals surface area contributed by atoms with Crippen molar-refractivity contribution in [2.24, 2.45) is 0 Å².